The fourth-order valence-electron chi connectivity index (χ4n) is 1.85. The van der Waals surface area contributed by atoms with E-state index >= 15 is 0 Å². The molecular formula is C16H30O4. The molecule has 0 amide bonds. The first-order valence-corrected chi connectivity index (χ1v) is 7.56. The van der Waals surface area contributed by atoms with Crippen LogP contribution in [0.25, 0.3) is 0 Å². The first-order chi connectivity index (χ1) is 9.33. The van der Waals surface area contributed by atoms with Crippen LogP contribution in [0.4, 0.5) is 0 Å². The third kappa shape index (κ3) is 6.25. The third-order valence-electron chi connectivity index (χ3n) is 2.97. The van der Waals surface area contributed by atoms with E-state index in [0.29, 0.717) is 19.8 Å². The Hall–Kier alpha value is -0.580. The van der Waals surface area contributed by atoms with Crippen molar-refractivity contribution in [3.63, 3.8) is 0 Å². The van der Waals surface area contributed by atoms with Gasteiger partial charge in [-0.25, -0.2) is 0 Å². The van der Waals surface area contributed by atoms with E-state index in [1.165, 1.54) is 0 Å². The van der Waals surface area contributed by atoms with Crippen LogP contribution in [0.15, 0.2) is 11.8 Å². The molecule has 0 spiro atoms. The second kappa shape index (κ2) is 8.01. The van der Waals surface area contributed by atoms with Crippen LogP contribution in [0.5, 0.6) is 0 Å². The first kappa shape index (κ1) is 17.5. The van der Waals surface area contributed by atoms with E-state index in [4.69, 9.17) is 18.9 Å². The van der Waals surface area contributed by atoms with Crippen molar-refractivity contribution in [1.82, 2.24) is 0 Å². The normalized spacial score (nSPS) is 17.9. The summed E-state index contributed by atoms with van der Waals surface area (Å²) in [5.74, 6) is 0.887. The van der Waals surface area contributed by atoms with E-state index in [-0.39, 0.29) is 18.3 Å². The molecule has 0 aromatic rings. The minimum absolute atomic E-state index is 0.186. The fourth-order valence-corrected chi connectivity index (χ4v) is 1.85. The molecule has 0 fully saturated rings. The van der Waals surface area contributed by atoms with Crippen LogP contribution in [0.2, 0.25) is 0 Å². The van der Waals surface area contributed by atoms with Crippen molar-refractivity contribution in [2.75, 3.05) is 19.8 Å². The predicted molar refractivity (Wildman–Crippen MR) is 79.8 cm³/mol. The van der Waals surface area contributed by atoms with E-state index in [2.05, 4.69) is 6.08 Å². The maximum Gasteiger partial charge on any atom is 0.158 e. The molecule has 20 heavy (non-hydrogen) atoms. The van der Waals surface area contributed by atoms with E-state index in [0.717, 1.165) is 12.2 Å². The van der Waals surface area contributed by atoms with Crippen molar-refractivity contribution >= 4 is 0 Å². The highest BCUT2D eigenvalue weighted by Gasteiger charge is 2.38. The SMILES string of the molecule is CC(C)OCC1=CCC(COC(C)C)(COC(C)C)O1. The highest BCUT2D eigenvalue weighted by atomic mass is 16.6. The number of hydrogen-bond acceptors (Lipinski definition) is 4. The molecule has 1 aliphatic rings. The van der Waals surface area contributed by atoms with Gasteiger partial charge in [-0.15, -0.1) is 0 Å². The molecule has 0 aliphatic carbocycles. The van der Waals surface area contributed by atoms with Crippen LogP contribution in [0.3, 0.4) is 0 Å². The molecule has 0 aromatic carbocycles. The summed E-state index contributed by atoms with van der Waals surface area (Å²) < 4.78 is 23.2. The Balaban J connectivity index is 2.53. The molecule has 0 saturated heterocycles. The minimum Gasteiger partial charge on any atom is -0.484 e. The topological polar surface area (TPSA) is 36.9 Å². The van der Waals surface area contributed by atoms with Crippen molar-refractivity contribution < 1.29 is 18.9 Å². The lowest BCUT2D eigenvalue weighted by Gasteiger charge is -2.31. The summed E-state index contributed by atoms with van der Waals surface area (Å²) in [5.41, 5.74) is -0.399. The monoisotopic (exact) mass is 286 g/mol. The van der Waals surface area contributed by atoms with Gasteiger partial charge in [0.15, 0.2) is 5.60 Å². The van der Waals surface area contributed by atoms with E-state index < -0.39 is 5.60 Å². The lowest BCUT2D eigenvalue weighted by Crippen LogP contribution is -2.41. The highest BCUT2D eigenvalue weighted by molar-refractivity contribution is 5.08. The zero-order chi connectivity index (χ0) is 15.2. The molecule has 0 atom stereocenters. The van der Waals surface area contributed by atoms with Crippen molar-refractivity contribution in [2.24, 2.45) is 0 Å². The average Bonchev–Trinajstić information content (AvgIpc) is 2.76. The van der Waals surface area contributed by atoms with E-state index in [9.17, 15) is 0 Å². The third-order valence-corrected chi connectivity index (χ3v) is 2.97. The van der Waals surface area contributed by atoms with Crippen LogP contribution in [-0.2, 0) is 18.9 Å². The molecule has 0 aromatic heterocycles. The van der Waals surface area contributed by atoms with Gasteiger partial charge in [-0.3, -0.25) is 0 Å². The molecule has 1 aliphatic heterocycles. The molecule has 1 heterocycles. The second-order valence-corrected chi connectivity index (χ2v) is 6.24. The van der Waals surface area contributed by atoms with Crippen molar-refractivity contribution in [2.45, 2.75) is 71.9 Å². The highest BCUT2D eigenvalue weighted by Crippen LogP contribution is 2.30. The molecule has 0 radical (unpaired) electrons. The molecule has 0 saturated carbocycles. The van der Waals surface area contributed by atoms with Crippen LogP contribution < -0.4 is 0 Å². The summed E-state index contributed by atoms with van der Waals surface area (Å²) in [7, 11) is 0. The standard InChI is InChI=1S/C16H30O4/c1-12(2)17-9-15-7-8-16(20-15,10-18-13(3)4)11-19-14(5)6/h7,12-14H,8-11H2,1-6H3. The lowest BCUT2D eigenvalue weighted by molar-refractivity contribution is -0.123. The van der Waals surface area contributed by atoms with Gasteiger partial charge in [-0.1, -0.05) is 0 Å². The number of ether oxygens (including phenoxy) is 4. The van der Waals surface area contributed by atoms with Crippen molar-refractivity contribution in [1.29, 1.82) is 0 Å². The molecule has 1 rings (SSSR count). The van der Waals surface area contributed by atoms with Crippen LogP contribution in [-0.4, -0.2) is 43.7 Å². The number of hydrogen-bond donors (Lipinski definition) is 0. The Morgan fingerprint density at radius 3 is 1.90 bits per heavy atom. The van der Waals surface area contributed by atoms with Gasteiger partial charge in [0.25, 0.3) is 0 Å². The van der Waals surface area contributed by atoms with Crippen LogP contribution in [0.1, 0.15) is 48.0 Å². The predicted octanol–water partition coefficient (Wildman–Crippen LogP) is 3.30. The van der Waals surface area contributed by atoms with Gasteiger partial charge in [-0.2, -0.15) is 0 Å². The summed E-state index contributed by atoms with van der Waals surface area (Å²) in [6.07, 6.45) is 3.48. The maximum atomic E-state index is 6.09. The van der Waals surface area contributed by atoms with Gasteiger partial charge in [0.1, 0.15) is 12.4 Å². The van der Waals surface area contributed by atoms with Gasteiger partial charge in [0.05, 0.1) is 31.5 Å². The second-order valence-electron chi connectivity index (χ2n) is 6.24. The summed E-state index contributed by atoms with van der Waals surface area (Å²) in [6, 6.07) is 0. The lowest BCUT2D eigenvalue weighted by atomic mass is 10.0. The maximum absolute atomic E-state index is 6.09. The Morgan fingerprint density at radius 1 is 0.950 bits per heavy atom. The molecule has 4 heteroatoms. The summed E-state index contributed by atoms with van der Waals surface area (Å²) in [4.78, 5) is 0. The summed E-state index contributed by atoms with van der Waals surface area (Å²) in [6.45, 7) is 13.8. The van der Waals surface area contributed by atoms with Gasteiger partial charge >= 0.3 is 0 Å². The average molecular weight is 286 g/mol. The Labute approximate surface area is 123 Å². The minimum atomic E-state index is -0.399. The van der Waals surface area contributed by atoms with Gasteiger partial charge in [0, 0.05) is 6.42 Å². The van der Waals surface area contributed by atoms with Crippen molar-refractivity contribution in [3.8, 4) is 0 Å². The zero-order valence-corrected chi connectivity index (χ0v) is 13.8. The molecule has 0 unspecified atom stereocenters. The Morgan fingerprint density at radius 2 is 1.45 bits per heavy atom. The van der Waals surface area contributed by atoms with E-state index in [1.807, 2.05) is 41.5 Å². The molecule has 0 N–H and O–H groups in total. The molecular weight excluding hydrogens is 256 g/mol. The Bertz CT molecular complexity index is 296. The Kier molecular flexibility index (Phi) is 7.00. The summed E-state index contributed by atoms with van der Waals surface area (Å²) >= 11 is 0. The molecule has 4 nitrogen and oxygen atoms in total. The van der Waals surface area contributed by atoms with Crippen LogP contribution >= 0.6 is 0 Å². The van der Waals surface area contributed by atoms with Gasteiger partial charge in [0.2, 0.25) is 0 Å². The van der Waals surface area contributed by atoms with Gasteiger partial charge in [-0.05, 0) is 47.6 Å². The number of rotatable bonds is 9. The summed E-state index contributed by atoms with van der Waals surface area (Å²) in [5, 5.41) is 0. The first-order valence-electron chi connectivity index (χ1n) is 7.56. The van der Waals surface area contributed by atoms with E-state index in [1.54, 1.807) is 0 Å². The smallest absolute Gasteiger partial charge is 0.158 e. The molecule has 0 bridgehead atoms. The zero-order valence-electron chi connectivity index (χ0n) is 13.8. The van der Waals surface area contributed by atoms with Crippen molar-refractivity contribution in [3.05, 3.63) is 11.8 Å². The largest absolute Gasteiger partial charge is 0.484 e. The molecule has 118 valence electrons. The fraction of sp³-hybridized carbons (Fsp3) is 0.875. The quantitative estimate of drug-likeness (QED) is 0.651. The van der Waals surface area contributed by atoms with Gasteiger partial charge < -0.3 is 18.9 Å². The van der Waals surface area contributed by atoms with Crippen LogP contribution in [0, 0.1) is 0 Å².